The molecule has 1 N–H and O–H groups in total. The minimum Gasteiger partial charge on any atom is -0.313 e. The van der Waals surface area contributed by atoms with Crippen LogP contribution in [0.4, 0.5) is 5.88 Å². The molecule has 4 rings (SSSR count). The summed E-state index contributed by atoms with van der Waals surface area (Å²) in [5.41, 5.74) is 0.653. The predicted molar refractivity (Wildman–Crippen MR) is 115 cm³/mol. The van der Waals surface area contributed by atoms with Gasteiger partial charge in [0, 0.05) is 24.7 Å². The molecule has 1 saturated carbocycles. The van der Waals surface area contributed by atoms with E-state index in [1.807, 2.05) is 18.2 Å². The second kappa shape index (κ2) is 9.45. The molecular formula is C21H28N5O2S+. The van der Waals surface area contributed by atoms with Crippen molar-refractivity contribution in [2.24, 2.45) is 0 Å². The summed E-state index contributed by atoms with van der Waals surface area (Å²) in [4.78, 5) is 17.1. The van der Waals surface area contributed by atoms with Crippen molar-refractivity contribution < 1.29 is 14.1 Å². The van der Waals surface area contributed by atoms with E-state index < -0.39 is 0 Å². The van der Waals surface area contributed by atoms with Gasteiger partial charge in [-0.05, 0) is 12.8 Å². The Bertz CT molecular complexity index is 827. The van der Waals surface area contributed by atoms with E-state index in [1.165, 1.54) is 32.1 Å². The Morgan fingerprint density at radius 3 is 2.59 bits per heavy atom. The van der Waals surface area contributed by atoms with Gasteiger partial charge >= 0.3 is 5.88 Å². The summed E-state index contributed by atoms with van der Waals surface area (Å²) in [5.74, 6) is 0.430. The molecule has 29 heavy (non-hydrogen) atoms. The van der Waals surface area contributed by atoms with Crippen molar-refractivity contribution >= 4 is 28.9 Å². The first-order valence-corrected chi connectivity index (χ1v) is 10.9. The number of thiocarbonyl (C=S) groups is 1. The van der Waals surface area contributed by atoms with Crippen LogP contribution in [0.15, 0.2) is 41.1 Å². The fraction of sp³-hybridized carbons (Fsp3) is 0.524. The summed E-state index contributed by atoms with van der Waals surface area (Å²) in [6, 6.07) is 9.91. The highest BCUT2D eigenvalue weighted by molar-refractivity contribution is 7.80. The summed E-state index contributed by atoms with van der Waals surface area (Å²) < 4.78 is 5.37. The molecular weight excluding hydrogens is 386 g/mol. The van der Waals surface area contributed by atoms with Crippen LogP contribution in [-0.2, 0) is 0 Å². The van der Waals surface area contributed by atoms with Gasteiger partial charge in [0.15, 0.2) is 5.78 Å². The van der Waals surface area contributed by atoms with Crippen LogP contribution in [-0.4, -0.2) is 53.2 Å². The molecule has 1 aromatic carbocycles. The van der Waals surface area contributed by atoms with E-state index in [4.69, 9.17) is 16.7 Å². The van der Waals surface area contributed by atoms with Crippen molar-refractivity contribution in [3.8, 4) is 0 Å². The Kier molecular flexibility index (Phi) is 6.51. The Labute approximate surface area is 176 Å². The lowest BCUT2D eigenvalue weighted by Crippen LogP contribution is -2.66. The van der Waals surface area contributed by atoms with Gasteiger partial charge in [-0.15, -0.1) is 0 Å². The molecule has 0 amide bonds. The fourth-order valence-electron chi connectivity index (χ4n) is 4.21. The van der Waals surface area contributed by atoms with Crippen molar-refractivity contribution in [1.82, 2.24) is 10.2 Å². The molecule has 0 unspecified atom stereocenters. The zero-order valence-electron chi connectivity index (χ0n) is 16.6. The van der Waals surface area contributed by atoms with Crippen molar-refractivity contribution in [3.05, 3.63) is 42.1 Å². The second-order valence-electron chi connectivity index (χ2n) is 7.78. The summed E-state index contributed by atoms with van der Waals surface area (Å²) in [5, 5.41) is 9.27. The highest BCUT2D eigenvalue weighted by atomic mass is 32.1. The van der Waals surface area contributed by atoms with Gasteiger partial charge in [0.2, 0.25) is 5.27 Å². The highest BCUT2D eigenvalue weighted by Gasteiger charge is 2.30. The van der Waals surface area contributed by atoms with Gasteiger partial charge in [0.25, 0.3) is 6.20 Å². The molecule has 1 aliphatic carbocycles. The topological polar surface area (TPSA) is 65.5 Å². The quantitative estimate of drug-likeness (QED) is 0.443. The molecule has 2 fully saturated rings. The first-order chi connectivity index (χ1) is 14.2. The molecule has 1 aromatic heterocycles. The predicted octanol–water partition coefficient (Wildman–Crippen LogP) is 2.56. The molecule has 1 aliphatic heterocycles. The number of piperazine rings is 1. The van der Waals surface area contributed by atoms with E-state index in [0.717, 1.165) is 32.2 Å². The SMILES string of the molecule is O=C(CC(=S)Nc1c[n+](N2CCN(C3CCCCC3)CC2)no1)c1ccccc1. The maximum absolute atomic E-state index is 12.3. The largest absolute Gasteiger partial charge is 0.313 e. The van der Waals surface area contributed by atoms with Gasteiger partial charge in [-0.3, -0.25) is 14.2 Å². The Morgan fingerprint density at radius 1 is 1.14 bits per heavy atom. The van der Waals surface area contributed by atoms with E-state index in [0.29, 0.717) is 16.4 Å². The van der Waals surface area contributed by atoms with Crippen molar-refractivity contribution in [1.29, 1.82) is 0 Å². The van der Waals surface area contributed by atoms with Gasteiger partial charge in [0.05, 0.1) is 29.3 Å². The third kappa shape index (κ3) is 5.19. The van der Waals surface area contributed by atoms with Gasteiger partial charge in [-0.1, -0.05) is 61.8 Å². The molecule has 0 bridgehead atoms. The Hall–Kier alpha value is -2.32. The number of Topliss-reactive ketones (excluding diaryl/α,β-unsaturated/α-hetero) is 1. The van der Waals surface area contributed by atoms with E-state index >= 15 is 0 Å². The maximum Gasteiger partial charge on any atom is 0.304 e. The number of nitrogens with zero attached hydrogens (tertiary/aromatic N) is 4. The number of ketones is 1. The smallest absolute Gasteiger partial charge is 0.304 e. The average molecular weight is 415 g/mol. The number of carbonyl (C=O) groups excluding carboxylic acids is 1. The molecule has 1 saturated heterocycles. The first kappa shape index (κ1) is 20.0. The van der Waals surface area contributed by atoms with E-state index in [-0.39, 0.29) is 12.2 Å². The van der Waals surface area contributed by atoms with Crippen LogP contribution in [0.2, 0.25) is 0 Å². The summed E-state index contributed by atoms with van der Waals surface area (Å²) >= 11 is 5.32. The van der Waals surface area contributed by atoms with Crippen LogP contribution in [0, 0.1) is 0 Å². The minimum absolute atomic E-state index is 0.0191. The van der Waals surface area contributed by atoms with Crippen molar-refractivity contribution in [2.75, 3.05) is 36.5 Å². The summed E-state index contributed by atoms with van der Waals surface area (Å²) in [6.45, 7) is 3.95. The first-order valence-electron chi connectivity index (χ1n) is 10.4. The minimum atomic E-state index is -0.0191. The fourth-order valence-corrected chi connectivity index (χ4v) is 4.44. The normalized spacial score (nSPS) is 18.6. The molecule has 0 atom stereocenters. The third-order valence-electron chi connectivity index (χ3n) is 5.81. The van der Waals surface area contributed by atoms with Crippen LogP contribution in [0.5, 0.6) is 0 Å². The lowest BCUT2D eigenvalue weighted by atomic mass is 9.94. The van der Waals surface area contributed by atoms with E-state index in [9.17, 15) is 4.79 Å². The van der Waals surface area contributed by atoms with Gasteiger partial charge < -0.3 is 5.32 Å². The molecule has 2 aliphatic rings. The standard InChI is InChI=1S/C21H27N5O2S/c27-19(17-7-3-1-4-8-17)15-21(29)22-20-16-26(23-28-20)25-13-11-24(12-14-25)18-9-5-2-6-10-18/h1,3-4,7-8,16,18H,2,5-6,9-15H2/p+1. The van der Waals surface area contributed by atoms with Crippen LogP contribution >= 0.6 is 12.2 Å². The maximum atomic E-state index is 12.3. The van der Waals surface area contributed by atoms with Crippen LogP contribution in [0.3, 0.4) is 0 Å². The van der Waals surface area contributed by atoms with Crippen LogP contribution < -0.4 is 15.1 Å². The summed E-state index contributed by atoms with van der Waals surface area (Å²) in [6.07, 6.45) is 8.72. The molecule has 7 nitrogen and oxygen atoms in total. The highest BCUT2D eigenvalue weighted by Crippen LogP contribution is 2.23. The number of hydrogen-bond acceptors (Lipinski definition) is 6. The molecule has 2 heterocycles. The zero-order valence-corrected chi connectivity index (χ0v) is 17.4. The number of nitrogens with one attached hydrogen (secondary N) is 1. The molecule has 0 radical (unpaired) electrons. The number of carbonyl (C=O) groups is 1. The number of rotatable bonds is 6. The number of aromatic nitrogens is 2. The molecule has 8 heteroatoms. The van der Waals surface area contributed by atoms with Gasteiger partial charge in [-0.25, -0.2) is 0 Å². The van der Waals surface area contributed by atoms with Crippen molar-refractivity contribution in [3.63, 3.8) is 0 Å². The second-order valence-corrected chi connectivity index (χ2v) is 8.28. The molecule has 0 spiro atoms. The lowest BCUT2D eigenvalue weighted by Gasteiger charge is -2.38. The van der Waals surface area contributed by atoms with E-state index in [2.05, 4.69) is 20.5 Å². The number of hydrogen-bond donors (Lipinski definition) is 1. The van der Waals surface area contributed by atoms with E-state index in [1.54, 1.807) is 23.1 Å². The summed E-state index contributed by atoms with van der Waals surface area (Å²) in [7, 11) is 0. The van der Waals surface area contributed by atoms with Crippen molar-refractivity contribution in [2.45, 2.75) is 44.6 Å². The Balaban J connectivity index is 1.26. The van der Waals surface area contributed by atoms with Gasteiger partial charge in [0.1, 0.15) is 0 Å². The van der Waals surface area contributed by atoms with Crippen LogP contribution in [0.25, 0.3) is 0 Å². The number of benzene rings is 1. The monoisotopic (exact) mass is 414 g/mol. The zero-order chi connectivity index (χ0) is 20.1. The lowest BCUT2D eigenvalue weighted by molar-refractivity contribution is -0.759. The Morgan fingerprint density at radius 2 is 1.86 bits per heavy atom. The van der Waals surface area contributed by atoms with Crippen LogP contribution in [0.1, 0.15) is 48.9 Å². The third-order valence-corrected chi connectivity index (χ3v) is 6.05. The molecule has 2 aromatic rings. The molecule has 154 valence electrons. The average Bonchev–Trinajstić information content (AvgIpc) is 3.23. The number of anilines is 1. The van der Waals surface area contributed by atoms with Gasteiger partial charge in [-0.2, -0.15) is 5.01 Å².